The van der Waals surface area contributed by atoms with Gasteiger partial charge in [-0.05, 0) is 157 Å². The minimum absolute atomic E-state index is 0.00516. The fourth-order valence-electron chi connectivity index (χ4n) is 12.4. The Bertz CT molecular complexity index is 3910. The molecule has 0 N–H and O–H groups in total. The first-order valence-electron chi connectivity index (χ1n) is 25.2. The zero-order valence-electron chi connectivity index (χ0n) is 42.7. The van der Waals surface area contributed by atoms with Gasteiger partial charge in [0.2, 0.25) is 0 Å². The van der Waals surface area contributed by atoms with E-state index in [1.165, 1.54) is 138 Å². The average molecular weight is 896 g/mol. The van der Waals surface area contributed by atoms with Crippen LogP contribution in [0.25, 0.3) is 82.2 Å². The maximum absolute atomic E-state index is 2.76. The molecule has 0 saturated heterocycles. The molecule has 0 spiro atoms. The molecule has 0 unspecified atom stereocenters. The van der Waals surface area contributed by atoms with Gasteiger partial charge >= 0.3 is 6.85 Å². The first-order chi connectivity index (χ1) is 32.7. The summed E-state index contributed by atoms with van der Waals surface area (Å²) in [6, 6.07) is 54.9. The van der Waals surface area contributed by atoms with Crippen molar-refractivity contribution < 1.29 is 0 Å². The Kier molecular flexibility index (Phi) is 8.42. The fourth-order valence-corrected chi connectivity index (χ4v) is 12.4. The van der Waals surface area contributed by atoms with Crippen LogP contribution in [0.1, 0.15) is 111 Å². The first-order valence-corrected chi connectivity index (χ1v) is 25.2. The molecular weight excluding hydrogens is 834 g/mol. The number of para-hydroxylation sites is 2. The molecule has 0 atom stereocenters. The van der Waals surface area contributed by atoms with Gasteiger partial charge in [0, 0.05) is 66.0 Å². The van der Waals surface area contributed by atoms with Crippen LogP contribution in [-0.2, 0) is 21.7 Å². The number of hydrogen-bond acceptors (Lipinski definition) is 1. The molecule has 8 aromatic carbocycles. The molecule has 4 heteroatoms. The summed E-state index contributed by atoms with van der Waals surface area (Å²) < 4.78 is 5.26. The SMILES string of the molecule is Cc1c(-c2cc3c4ccccc4n4c5ccccc5c(c2)c34)cc2c3c1-c1cc(C(C)(C)C)cc4c5cc(C(C)(C)C)ccc5n(c14)B3c1cc(C(C)(C)C)ccc1N2c1ccc(C(C)(C)C)cc1. The van der Waals surface area contributed by atoms with E-state index < -0.39 is 0 Å². The van der Waals surface area contributed by atoms with Crippen LogP contribution < -0.4 is 15.8 Å². The van der Waals surface area contributed by atoms with Crippen molar-refractivity contribution in [2.24, 2.45) is 0 Å². The number of hydrogen-bond donors (Lipinski definition) is 0. The van der Waals surface area contributed by atoms with E-state index >= 15 is 0 Å². The average Bonchev–Trinajstić information content (AvgIpc) is 3.94. The van der Waals surface area contributed by atoms with E-state index in [4.69, 9.17) is 0 Å². The number of rotatable bonds is 2. The summed E-state index contributed by atoms with van der Waals surface area (Å²) in [5, 5.41) is 7.89. The molecule has 13 rings (SSSR count). The molecule has 2 aliphatic rings. The number of fused-ring (bicyclic) bond motifs is 13. The van der Waals surface area contributed by atoms with E-state index in [1.807, 2.05) is 0 Å². The Labute approximate surface area is 407 Å². The molecule has 3 nitrogen and oxygen atoms in total. The van der Waals surface area contributed by atoms with Crippen molar-refractivity contribution >= 4 is 94.7 Å². The molecule has 0 saturated carbocycles. The van der Waals surface area contributed by atoms with Crippen LogP contribution in [0.2, 0.25) is 0 Å². The zero-order chi connectivity index (χ0) is 48.0. The lowest BCUT2D eigenvalue weighted by Gasteiger charge is -2.42. The lowest BCUT2D eigenvalue weighted by molar-refractivity contribution is 0.590. The Hall–Kier alpha value is -6.78. The molecule has 0 fully saturated rings. The number of aromatic nitrogens is 2. The molecule has 0 aliphatic carbocycles. The minimum atomic E-state index is -0.0744. The van der Waals surface area contributed by atoms with Gasteiger partial charge in [-0.15, -0.1) is 0 Å². The third-order valence-corrected chi connectivity index (χ3v) is 16.2. The normalized spacial score (nSPS) is 14.1. The number of benzene rings is 8. The minimum Gasteiger partial charge on any atom is -0.375 e. The maximum Gasteiger partial charge on any atom is 0.333 e. The van der Waals surface area contributed by atoms with Gasteiger partial charge in [-0.2, -0.15) is 0 Å². The molecule has 340 valence electrons. The highest BCUT2D eigenvalue weighted by molar-refractivity contribution is 6.90. The van der Waals surface area contributed by atoms with Crippen molar-refractivity contribution in [3.63, 3.8) is 0 Å². The van der Waals surface area contributed by atoms with Crippen LogP contribution in [0.3, 0.4) is 0 Å². The van der Waals surface area contributed by atoms with E-state index in [9.17, 15) is 0 Å². The quantitative estimate of drug-likeness (QED) is 0.158. The van der Waals surface area contributed by atoms with E-state index in [0.29, 0.717) is 0 Å². The summed E-state index contributed by atoms with van der Waals surface area (Å²) in [6.45, 7) is 30.6. The predicted molar refractivity (Wildman–Crippen MR) is 300 cm³/mol. The molecule has 0 amide bonds. The maximum atomic E-state index is 2.76. The van der Waals surface area contributed by atoms with Crippen LogP contribution in [-0.4, -0.2) is 15.7 Å². The van der Waals surface area contributed by atoms with Gasteiger partial charge in [0.25, 0.3) is 0 Å². The number of nitrogens with zero attached hydrogens (tertiary/aromatic N) is 3. The van der Waals surface area contributed by atoms with Crippen LogP contribution in [0, 0.1) is 6.92 Å². The van der Waals surface area contributed by atoms with Gasteiger partial charge in [0.05, 0.1) is 16.6 Å². The van der Waals surface area contributed by atoms with Crippen molar-refractivity contribution in [1.29, 1.82) is 0 Å². The summed E-state index contributed by atoms with van der Waals surface area (Å²) in [4.78, 5) is 2.62. The first kappa shape index (κ1) is 42.3. The van der Waals surface area contributed by atoms with Crippen LogP contribution in [0.5, 0.6) is 0 Å². The summed E-state index contributed by atoms with van der Waals surface area (Å²) in [7, 11) is 0. The van der Waals surface area contributed by atoms with Crippen molar-refractivity contribution in [3.05, 3.63) is 167 Å². The van der Waals surface area contributed by atoms with Crippen LogP contribution in [0.15, 0.2) is 140 Å². The highest BCUT2D eigenvalue weighted by atomic mass is 15.2. The van der Waals surface area contributed by atoms with Gasteiger partial charge in [0.1, 0.15) is 0 Å². The lowest BCUT2D eigenvalue weighted by atomic mass is 9.44. The predicted octanol–water partition coefficient (Wildman–Crippen LogP) is 16.5. The van der Waals surface area contributed by atoms with E-state index in [-0.39, 0.29) is 28.5 Å². The molecule has 0 bridgehead atoms. The third kappa shape index (κ3) is 5.87. The zero-order valence-corrected chi connectivity index (χ0v) is 42.7. The highest BCUT2D eigenvalue weighted by Gasteiger charge is 2.45. The standard InChI is InChI=1S/C65H62BN3/c1-37-46(38-30-48-44-18-14-16-20-53(44)68-54-21-17-15-19-45(54)49(31-38)60(48)68)36-57-59-58(37)51-34-42(65(11,12)13)33-50-47-32-40(63(5,6)7)24-28-55(47)69(61(50)51)66(59)52-35-41(64(8,9)10)25-29-56(52)67(57)43-26-22-39(23-27-43)62(2,3)4/h14-36H,1-13H3. The molecule has 5 heterocycles. The second-order valence-electron chi connectivity index (χ2n) is 24.7. The Morgan fingerprint density at radius 3 is 1.55 bits per heavy atom. The largest absolute Gasteiger partial charge is 0.375 e. The van der Waals surface area contributed by atoms with Gasteiger partial charge in [-0.25, -0.2) is 0 Å². The third-order valence-electron chi connectivity index (χ3n) is 16.2. The second kappa shape index (κ2) is 13.7. The van der Waals surface area contributed by atoms with Gasteiger partial charge in [0.15, 0.2) is 0 Å². The fraction of sp³-hybridized carbons (Fsp3) is 0.262. The topological polar surface area (TPSA) is 12.6 Å². The van der Waals surface area contributed by atoms with Crippen LogP contribution >= 0.6 is 0 Å². The Morgan fingerprint density at radius 2 is 0.942 bits per heavy atom. The van der Waals surface area contributed by atoms with Crippen molar-refractivity contribution in [2.75, 3.05) is 4.90 Å². The van der Waals surface area contributed by atoms with Gasteiger partial charge in [-0.3, -0.25) is 0 Å². The van der Waals surface area contributed by atoms with Gasteiger partial charge < -0.3 is 13.8 Å². The molecule has 3 aromatic heterocycles. The molecule has 2 aliphatic heterocycles. The summed E-state index contributed by atoms with van der Waals surface area (Å²) in [6.07, 6.45) is 0. The van der Waals surface area contributed by atoms with E-state index in [1.54, 1.807) is 0 Å². The second-order valence-corrected chi connectivity index (χ2v) is 24.7. The van der Waals surface area contributed by atoms with Crippen molar-refractivity contribution in [2.45, 2.75) is 112 Å². The van der Waals surface area contributed by atoms with E-state index in [2.05, 4.69) is 243 Å². The highest BCUT2D eigenvalue weighted by Crippen LogP contribution is 2.51. The van der Waals surface area contributed by atoms with Crippen LogP contribution in [0.4, 0.5) is 17.1 Å². The summed E-state index contributed by atoms with van der Waals surface area (Å²) >= 11 is 0. The molecule has 11 aromatic rings. The smallest absolute Gasteiger partial charge is 0.333 e. The van der Waals surface area contributed by atoms with Crippen molar-refractivity contribution in [3.8, 4) is 22.3 Å². The van der Waals surface area contributed by atoms with Crippen molar-refractivity contribution in [1.82, 2.24) is 8.88 Å². The molecule has 69 heavy (non-hydrogen) atoms. The Balaban J connectivity index is 1.22. The van der Waals surface area contributed by atoms with E-state index in [0.717, 1.165) is 0 Å². The molecular formula is C65H62BN3. The molecule has 0 radical (unpaired) electrons. The lowest BCUT2D eigenvalue weighted by Crippen LogP contribution is -2.57. The number of anilines is 3. The Morgan fingerprint density at radius 1 is 0.406 bits per heavy atom. The summed E-state index contributed by atoms with van der Waals surface area (Å²) in [5.74, 6) is 0. The summed E-state index contributed by atoms with van der Waals surface area (Å²) in [5.41, 5.74) is 24.8. The van der Waals surface area contributed by atoms with Gasteiger partial charge in [-0.1, -0.05) is 150 Å². The monoisotopic (exact) mass is 896 g/mol.